The summed E-state index contributed by atoms with van der Waals surface area (Å²) in [6.45, 7) is 6.53. The third-order valence-electron chi connectivity index (χ3n) is 12.7. The Bertz CT molecular complexity index is 1230. The second-order valence-electron chi connectivity index (χ2n) is 19.6. The van der Waals surface area contributed by atoms with Crippen LogP contribution in [-0.2, 0) is 28.6 Å². The summed E-state index contributed by atoms with van der Waals surface area (Å²) in [5.74, 6) is -0.899. The Morgan fingerprint density at radius 3 is 0.838 bits per heavy atom. The van der Waals surface area contributed by atoms with Crippen LogP contribution in [0.5, 0.6) is 0 Å². The van der Waals surface area contributed by atoms with Crippen molar-refractivity contribution in [3.63, 3.8) is 0 Å². The molecule has 0 spiro atoms. The molecule has 0 saturated heterocycles. The summed E-state index contributed by atoms with van der Waals surface area (Å²) in [4.78, 5) is 37.8. The molecule has 0 amide bonds. The van der Waals surface area contributed by atoms with E-state index in [0.29, 0.717) is 19.3 Å². The van der Waals surface area contributed by atoms with Crippen LogP contribution < -0.4 is 0 Å². The average Bonchev–Trinajstić information content (AvgIpc) is 3.34. The van der Waals surface area contributed by atoms with Crippen molar-refractivity contribution < 1.29 is 28.6 Å². The number of ether oxygens (including phenoxy) is 3. The van der Waals surface area contributed by atoms with Gasteiger partial charge < -0.3 is 14.2 Å². The van der Waals surface area contributed by atoms with Gasteiger partial charge in [-0.2, -0.15) is 0 Å². The first-order valence-corrected chi connectivity index (χ1v) is 29.3. The lowest BCUT2D eigenvalue weighted by molar-refractivity contribution is -0.167. The molecule has 0 radical (unpaired) electrons. The third-order valence-corrected chi connectivity index (χ3v) is 12.7. The van der Waals surface area contributed by atoms with Gasteiger partial charge >= 0.3 is 17.9 Å². The molecule has 0 bridgehead atoms. The van der Waals surface area contributed by atoms with Gasteiger partial charge in [0.25, 0.3) is 0 Å². The maximum absolute atomic E-state index is 12.8. The Hall–Kier alpha value is -2.89. The molecule has 6 nitrogen and oxygen atoms in total. The minimum atomic E-state index is -0.777. The molecule has 0 aliphatic carbocycles. The van der Waals surface area contributed by atoms with Gasteiger partial charge in [0.2, 0.25) is 0 Å². The maximum Gasteiger partial charge on any atom is 0.306 e. The molecule has 0 rings (SSSR count). The smallest absolute Gasteiger partial charge is 0.306 e. The zero-order chi connectivity index (χ0) is 49.3. The van der Waals surface area contributed by atoms with Gasteiger partial charge in [-0.25, -0.2) is 0 Å². The van der Waals surface area contributed by atoms with Crippen molar-refractivity contribution in [2.24, 2.45) is 0 Å². The number of hydrogen-bond acceptors (Lipinski definition) is 6. The van der Waals surface area contributed by atoms with E-state index in [1.54, 1.807) is 0 Å². The summed E-state index contributed by atoms with van der Waals surface area (Å²) in [5.41, 5.74) is 0. The lowest BCUT2D eigenvalue weighted by Gasteiger charge is -2.18. The number of carbonyl (C=O) groups excluding carboxylic acids is 3. The van der Waals surface area contributed by atoms with E-state index in [1.165, 1.54) is 154 Å². The number of allylic oxidation sites excluding steroid dienone is 10. The van der Waals surface area contributed by atoms with E-state index >= 15 is 0 Å². The number of carbonyl (C=O) groups is 3. The topological polar surface area (TPSA) is 78.9 Å². The second-order valence-corrected chi connectivity index (χ2v) is 19.6. The molecule has 6 heteroatoms. The molecule has 0 fully saturated rings. The first-order chi connectivity index (χ1) is 33.5. The standard InChI is InChI=1S/C62H110O6/c1-4-7-10-13-15-17-19-21-23-25-26-27-28-29-30-31-32-33-34-35-36-37-39-40-42-44-46-49-52-55-61(64)67-58-59(57-66-60(63)54-51-48-12-9-6-3)68-62(65)56-53-50-47-45-43-41-38-24-22-20-18-16-14-11-8-5-2/h18-21,24-26,28-29,38,59H,4-17,22-23,27,30-37,39-58H2,1-3H3/b20-18-,21-19-,26-25-,29-28-,38-24-. The molecule has 68 heavy (non-hydrogen) atoms. The van der Waals surface area contributed by atoms with Crippen LogP contribution in [0, 0.1) is 0 Å². The summed E-state index contributed by atoms with van der Waals surface area (Å²) in [6, 6.07) is 0. The van der Waals surface area contributed by atoms with Crippen LogP contribution in [0.25, 0.3) is 0 Å². The van der Waals surface area contributed by atoms with Crippen LogP contribution in [0.4, 0.5) is 0 Å². The molecule has 394 valence electrons. The van der Waals surface area contributed by atoms with E-state index in [-0.39, 0.29) is 31.1 Å². The summed E-state index contributed by atoms with van der Waals surface area (Å²) >= 11 is 0. The number of rotatable bonds is 53. The highest BCUT2D eigenvalue weighted by Crippen LogP contribution is 2.16. The van der Waals surface area contributed by atoms with E-state index in [4.69, 9.17) is 14.2 Å². The normalized spacial score (nSPS) is 12.5. The van der Waals surface area contributed by atoms with E-state index in [2.05, 4.69) is 81.5 Å². The molecule has 0 aliphatic rings. The van der Waals surface area contributed by atoms with Crippen LogP contribution >= 0.6 is 0 Å². The van der Waals surface area contributed by atoms with Crippen LogP contribution in [0.2, 0.25) is 0 Å². The molecule has 1 unspecified atom stereocenters. The Labute approximate surface area is 421 Å². The summed E-state index contributed by atoms with van der Waals surface area (Å²) in [5, 5.41) is 0. The molecule has 0 N–H and O–H groups in total. The predicted octanol–water partition coefficient (Wildman–Crippen LogP) is 19.6. The van der Waals surface area contributed by atoms with Gasteiger partial charge in [-0.3, -0.25) is 14.4 Å². The van der Waals surface area contributed by atoms with Gasteiger partial charge in [-0.1, -0.05) is 248 Å². The second kappa shape index (κ2) is 56.7. The first-order valence-electron chi connectivity index (χ1n) is 29.3. The maximum atomic E-state index is 12.8. The summed E-state index contributed by atoms with van der Waals surface area (Å²) in [7, 11) is 0. The van der Waals surface area contributed by atoms with Gasteiger partial charge in [0.1, 0.15) is 13.2 Å². The van der Waals surface area contributed by atoms with E-state index < -0.39 is 6.10 Å². The molecular formula is C62H110O6. The Morgan fingerprint density at radius 1 is 0.294 bits per heavy atom. The molecule has 0 saturated carbocycles. The van der Waals surface area contributed by atoms with Crippen molar-refractivity contribution in [3.8, 4) is 0 Å². The minimum absolute atomic E-state index is 0.0789. The van der Waals surface area contributed by atoms with Gasteiger partial charge in [-0.15, -0.1) is 0 Å². The van der Waals surface area contributed by atoms with Gasteiger partial charge in [0.05, 0.1) is 0 Å². The molecule has 1 atom stereocenters. The van der Waals surface area contributed by atoms with Gasteiger partial charge in [0, 0.05) is 19.3 Å². The SMILES string of the molecule is CCCCCC/C=C\C/C=C\CCCCCCCC(=O)OC(COC(=O)CCCCCCC)COC(=O)CCCCCCCCCCCCCCCC/C=C\C/C=C\C/C=C\CCCCCCC. The Morgan fingerprint density at radius 2 is 0.529 bits per heavy atom. The van der Waals surface area contributed by atoms with Crippen molar-refractivity contribution in [3.05, 3.63) is 60.8 Å². The van der Waals surface area contributed by atoms with E-state index in [9.17, 15) is 14.4 Å². The van der Waals surface area contributed by atoms with Crippen molar-refractivity contribution in [1.29, 1.82) is 0 Å². The molecule has 0 aliphatic heterocycles. The van der Waals surface area contributed by atoms with Crippen LogP contribution in [0.1, 0.15) is 297 Å². The predicted molar refractivity (Wildman–Crippen MR) is 293 cm³/mol. The summed E-state index contributed by atoms with van der Waals surface area (Å²) < 4.78 is 16.7. The highest BCUT2D eigenvalue weighted by molar-refractivity contribution is 5.71. The lowest BCUT2D eigenvalue weighted by atomic mass is 10.0. The number of hydrogen-bond donors (Lipinski definition) is 0. The van der Waals surface area contributed by atoms with Gasteiger partial charge in [-0.05, 0) is 89.9 Å². The Balaban J connectivity index is 4.02. The van der Waals surface area contributed by atoms with Gasteiger partial charge in [0.15, 0.2) is 6.10 Å². The molecule has 0 aromatic heterocycles. The largest absolute Gasteiger partial charge is 0.462 e. The van der Waals surface area contributed by atoms with E-state index in [1.807, 2.05) is 0 Å². The van der Waals surface area contributed by atoms with Crippen LogP contribution in [0.3, 0.4) is 0 Å². The zero-order valence-electron chi connectivity index (χ0n) is 45.1. The van der Waals surface area contributed by atoms with Crippen molar-refractivity contribution in [2.45, 2.75) is 303 Å². The fourth-order valence-corrected chi connectivity index (χ4v) is 8.30. The zero-order valence-corrected chi connectivity index (χ0v) is 45.1. The fraction of sp³-hybridized carbons (Fsp3) is 0.790. The molecule has 0 aromatic carbocycles. The average molecular weight is 952 g/mol. The van der Waals surface area contributed by atoms with Crippen molar-refractivity contribution in [1.82, 2.24) is 0 Å². The third kappa shape index (κ3) is 54.1. The fourth-order valence-electron chi connectivity index (χ4n) is 8.30. The van der Waals surface area contributed by atoms with E-state index in [0.717, 1.165) is 103 Å². The Kier molecular flexibility index (Phi) is 54.3. The minimum Gasteiger partial charge on any atom is -0.462 e. The molecule has 0 aromatic rings. The van der Waals surface area contributed by atoms with Crippen molar-refractivity contribution in [2.75, 3.05) is 13.2 Å². The van der Waals surface area contributed by atoms with Crippen molar-refractivity contribution >= 4 is 17.9 Å². The molecular weight excluding hydrogens is 841 g/mol. The summed E-state index contributed by atoms with van der Waals surface area (Å²) in [6.07, 6.45) is 71.2. The van der Waals surface area contributed by atoms with Crippen LogP contribution in [0.15, 0.2) is 60.8 Å². The number of unbranched alkanes of at least 4 members (excludes halogenated alkanes) is 32. The quantitative estimate of drug-likeness (QED) is 0.0262. The van der Waals surface area contributed by atoms with Crippen LogP contribution in [-0.4, -0.2) is 37.2 Å². The highest BCUT2D eigenvalue weighted by Gasteiger charge is 2.19. The lowest BCUT2D eigenvalue weighted by Crippen LogP contribution is -2.30. The highest BCUT2D eigenvalue weighted by atomic mass is 16.6. The first kappa shape index (κ1) is 65.1. The monoisotopic (exact) mass is 951 g/mol. The number of esters is 3. The molecule has 0 heterocycles.